The predicted octanol–water partition coefficient (Wildman–Crippen LogP) is 4.71. The number of carbonyl (C=O) groups is 1. The van der Waals surface area contributed by atoms with Gasteiger partial charge in [-0.1, -0.05) is 22.8 Å². The molecule has 0 atom stereocenters. The highest BCUT2D eigenvalue weighted by Crippen LogP contribution is 2.37. The molecule has 5 aromatic rings. The van der Waals surface area contributed by atoms with Gasteiger partial charge in [0.25, 0.3) is 11.8 Å². The number of alkyl halides is 3. The number of ether oxygens (including phenoxy) is 1. The van der Waals surface area contributed by atoms with Crippen LogP contribution in [0, 0.1) is 0 Å². The quantitative estimate of drug-likeness (QED) is 0.344. The van der Waals surface area contributed by atoms with E-state index in [0.717, 1.165) is 6.07 Å². The van der Waals surface area contributed by atoms with Gasteiger partial charge in [0, 0.05) is 5.56 Å². The molecule has 178 valence electrons. The summed E-state index contributed by atoms with van der Waals surface area (Å²) in [6, 6.07) is 10.6. The normalized spacial score (nSPS) is 11.8. The van der Waals surface area contributed by atoms with E-state index < -0.39 is 17.8 Å². The summed E-state index contributed by atoms with van der Waals surface area (Å²) < 4.78 is 52.5. The second kappa shape index (κ2) is 8.67. The van der Waals surface area contributed by atoms with Gasteiger partial charge in [0.1, 0.15) is 10.8 Å². The summed E-state index contributed by atoms with van der Waals surface area (Å²) in [6.07, 6.45) is -4.72. The zero-order chi connectivity index (χ0) is 24.7. The Labute approximate surface area is 202 Å². The van der Waals surface area contributed by atoms with Gasteiger partial charge < -0.3 is 15.0 Å². The van der Waals surface area contributed by atoms with E-state index in [0.29, 0.717) is 20.7 Å². The summed E-state index contributed by atoms with van der Waals surface area (Å²) in [5.74, 6) is -0.271. The number of aromatic nitrogens is 5. The van der Waals surface area contributed by atoms with Crippen LogP contribution >= 0.6 is 22.9 Å². The minimum absolute atomic E-state index is 0.109. The number of fused-ring (bicyclic) bond motifs is 1. The first-order valence-electron chi connectivity index (χ1n) is 9.76. The van der Waals surface area contributed by atoms with E-state index in [1.165, 1.54) is 11.3 Å². The molecule has 0 aliphatic carbocycles. The van der Waals surface area contributed by atoms with Crippen LogP contribution in [-0.2, 0) is 11.0 Å². The molecule has 35 heavy (non-hydrogen) atoms. The van der Waals surface area contributed by atoms with Crippen LogP contribution < -0.4 is 10.5 Å². The lowest BCUT2D eigenvalue weighted by Crippen LogP contribution is -2.19. The summed E-state index contributed by atoms with van der Waals surface area (Å²) in [7, 11) is 0. The third kappa shape index (κ3) is 4.42. The molecule has 4 heterocycles. The van der Waals surface area contributed by atoms with Gasteiger partial charge in [-0.15, -0.1) is 11.3 Å². The van der Waals surface area contributed by atoms with Crippen LogP contribution in [0.4, 0.5) is 13.2 Å². The van der Waals surface area contributed by atoms with Crippen molar-refractivity contribution in [2.24, 2.45) is 5.73 Å². The molecule has 0 radical (unpaired) electrons. The molecule has 0 spiro atoms. The number of thiophene rings is 1. The van der Waals surface area contributed by atoms with Gasteiger partial charge in [-0.3, -0.25) is 4.79 Å². The number of hydrogen-bond donors (Lipinski definition) is 1. The van der Waals surface area contributed by atoms with Crippen molar-refractivity contribution in [2.45, 2.75) is 6.18 Å². The van der Waals surface area contributed by atoms with Crippen molar-refractivity contribution in [3.05, 3.63) is 58.6 Å². The van der Waals surface area contributed by atoms with Gasteiger partial charge in [-0.05, 0) is 41.8 Å². The number of nitrogens with zero attached hydrogens (tertiary/aromatic N) is 5. The Morgan fingerprint density at radius 3 is 2.63 bits per heavy atom. The highest BCUT2D eigenvalue weighted by Gasteiger charge is 2.37. The van der Waals surface area contributed by atoms with Crippen LogP contribution in [0.25, 0.3) is 39.2 Å². The van der Waals surface area contributed by atoms with Crippen LogP contribution in [0.3, 0.4) is 0 Å². The summed E-state index contributed by atoms with van der Waals surface area (Å²) >= 11 is 7.64. The molecule has 1 amide bonds. The number of carbonyl (C=O) groups excluding carboxylic acids is 1. The summed E-state index contributed by atoms with van der Waals surface area (Å²) in [5, 5.41) is 9.40. The number of primary amides is 1. The summed E-state index contributed by atoms with van der Waals surface area (Å²) in [6.45, 7) is -0.278. The van der Waals surface area contributed by atoms with Crippen molar-refractivity contribution in [3.8, 4) is 39.3 Å². The molecule has 0 saturated heterocycles. The number of rotatable bonds is 6. The first-order valence-corrected chi connectivity index (χ1v) is 11.0. The minimum atomic E-state index is -4.72. The minimum Gasteiger partial charge on any atom is -0.484 e. The van der Waals surface area contributed by atoms with Gasteiger partial charge in [0.2, 0.25) is 5.82 Å². The number of amides is 1. The number of halogens is 4. The van der Waals surface area contributed by atoms with Crippen molar-refractivity contribution in [1.82, 2.24) is 24.7 Å². The van der Waals surface area contributed by atoms with Gasteiger partial charge in [0.05, 0.1) is 10.6 Å². The molecule has 0 aliphatic heterocycles. The van der Waals surface area contributed by atoms with Crippen molar-refractivity contribution < 1.29 is 27.2 Å². The Morgan fingerprint density at radius 1 is 1.20 bits per heavy atom. The Balaban J connectivity index is 1.54. The molecule has 0 bridgehead atoms. The van der Waals surface area contributed by atoms with Crippen molar-refractivity contribution in [1.29, 1.82) is 0 Å². The molecule has 4 aromatic heterocycles. The average molecular weight is 521 g/mol. The van der Waals surface area contributed by atoms with Gasteiger partial charge in [0.15, 0.2) is 23.6 Å². The van der Waals surface area contributed by atoms with Crippen LogP contribution in [0.2, 0.25) is 5.02 Å². The van der Waals surface area contributed by atoms with Crippen LogP contribution in [-0.4, -0.2) is 37.3 Å². The third-order valence-electron chi connectivity index (χ3n) is 4.72. The third-order valence-corrected chi connectivity index (χ3v) is 5.96. The average Bonchev–Trinajstić information content (AvgIpc) is 3.57. The van der Waals surface area contributed by atoms with E-state index in [4.69, 9.17) is 26.6 Å². The van der Waals surface area contributed by atoms with Gasteiger partial charge in [-0.2, -0.15) is 23.3 Å². The Hall–Kier alpha value is -3.97. The SMILES string of the molecule is NC(=O)COc1ccc(-c2noc(-c3nn4c(C(F)(F)F)cc(-c5cccs5)nc4c3Cl)n2)cc1. The monoisotopic (exact) mass is 520 g/mol. The van der Waals surface area contributed by atoms with Crippen LogP contribution in [0.1, 0.15) is 5.69 Å². The molecule has 1 aromatic carbocycles. The second-order valence-corrected chi connectivity index (χ2v) is 8.43. The van der Waals surface area contributed by atoms with Gasteiger partial charge in [-0.25, -0.2) is 9.50 Å². The molecule has 0 fully saturated rings. The fourth-order valence-corrected chi connectivity index (χ4v) is 4.10. The zero-order valence-corrected chi connectivity index (χ0v) is 18.9. The fourth-order valence-electron chi connectivity index (χ4n) is 3.17. The molecular weight excluding hydrogens is 509 g/mol. The largest absolute Gasteiger partial charge is 0.484 e. The molecule has 0 saturated carbocycles. The number of nitrogens with two attached hydrogens (primary N) is 1. The number of hydrogen-bond acceptors (Lipinski definition) is 8. The predicted molar refractivity (Wildman–Crippen MR) is 120 cm³/mol. The lowest BCUT2D eigenvalue weighted by Gasteiger charge is -2.10. The highest BCUT2D eigenvalue weighted by atomic mass is 35.5. The lowest BCUT2D eigenvalue weighted by atomic mass is 10.2. The molecule has 9 nitrogen and oxygen atoms in total. The van der Waals surface area contributed by atoms with E-state index in [1.54, 1.807) is 41.8 Å². The Kier molecular flexibility index (Phi) is 5.65. The molecule has 14 heteroatoms. The summed E-state index contributed by atoms with van der Waals surface area (Å²) in [5.41, 5.74) is 4.27. The molecule has 2 N–H and O–H groups in total. The van der Waals surface area contributed by atoms with E-state index in [2.05, 4.69) is 20.2 Å². The molecule has 0 aliphatic rings. The van der Waals surface area contributed by atoms with E-state index in [1.807, 2.05) is 0 Å². The standard InChI is InChI=1S/C21H12ClF3N6O3S/c22-16-17(20-28-18(30-34-20)10-3-5-11(6-4-10)33-9-15(26)32)29-31-14(21(23,24)25)8-12(27-19(16)31)13-2-1-7-35-13/h1-8H,9H2,(H2,26,32). The van der Waals surface area contributed by atoms with E-state index in [9.17, 15) is 18.0 Å². The van der Waals surface area contributed by atoms with Crippen LogP contribution in [0.5, 0.6) is 5.75 Å². The Bertz CT molecular complexity index is 1530. The Morgan fingerprint density at radius 2 is 1.97 bits per heavy atom. The van der Waals surface area contributed by atoms with E-state index in [-0.39, 0.29) is 40.4 Å². The summed E-state index contributed by atoms with van der Waals surface area (Å²) in [4.78, 5) is 19.9. The topological polar surface area (TPSA) is 121 Å². The van der Waals surface area contributed by atoms with Crippen LogP contribution in [0.15, 0.2) is 52.4 Å². The highest BCUT2D eigenvalue weighted by molar-refractivity contribution is 7.13. The van der Waals surface area contributed by atoms with Gasteiger partial charge >= 0.3 is 6.18 Å². The number of benzene rings is 1. The smallest absolute Gasteiger partial charge is 0.433 e. The molecule has 5 rings (SSSR count). The maximum Gasteiger partial charge on any atom is 0.433 e. The van der Waals surface area contributed by atoms with Crippen molar-refractivity contribution >= 4 is 34.5 Å². The first kappa shape index (κ1) is 22.8. The van der Waals surface area contributed by atoms with Crippen molar-refractivity contribution in [3.63, 3.8) is 0 Å². The molecular formula is C21H12ClF3N6O3S. The first-order chi connectivity index (χ1) is 16.7. The maximum absolute atomic E-state index is 13.8. The van der Waals surface area contributed by atoms with Crippen molar-refractivity contribution in [2.75, 3.05) is 6.61 Å². The zero-order valence-electron chi connectivity index (χ0n) is 17.3. The second-order valence-electron chi connectivity index (χ2n) is 7.10. The maximum atomic E-state index is 13.8. The van der Waals surface area contributed by atoms with E-state index >= 15 is 0 Å². The lowest BCUT2D eigenvalue weighted by molar-refractivity contribution is -0.142. The molecule has 0 unspecified atom stereocenters. The fraction of sp³-hybridized carbons (Fsp3) is 0.0952.